The third-order valence-electron chi connectivity index (χ3n) is 3.34. The molecule has 0 aromatic heterocycles. The van der Waals surface area contributed by atoms with Gasteiger partial charge in [0.15, 0.2) is 0 Å². The normalized spacial score (nSPS) is 19.4. The van der Waals surface area contributed by atoms with Crippen LogP contribution in [0.25, 0.3) is 0 Å². The van der Waals surface area contributed by atoms with E-state index < -0.39 is 23.7 Å². The van der Waals surface area contributed by atoms with E-state index in [1.807, 2.05) is 30.3 Å². The lowest BCUT2D eigenvalue weighted by molar-refractivity contribution is -0.142. The number of carboxylic acids is 1. The highest BCUT2D eigenvalue weighted by molar-refractivity contribution is 5.98. The Morgan fingerprint density at radius 2 is 1.96 bits per heavy atom. The van der Waals surface area contributed by atoms with Gasteiger partial charge >= 0.3 is 12.1 Å². The molecule has 130 valence electrons. The Labute approximate surface area is 140 Å². The highest BCUT2D eigenvalue weighted by Gasteiger charge is 2.40. The number of rotatable bonds is 4. The summed E-state index contributed by atoms with van der Waals surface area (Å²) >= 11 is 0. The van der Waals surface area contributed by atoms with Crippen LogP contribution in [0.5, 0.6) is 0 Å². The maximum atomic E-state index is 12.2. The topological polar surface area (TPSA) is 88.4 Å². The fourth-order valence-corrected chi connectivity index (χ4v) is 2.28. The molecule has 24 heavy (non-hydrogen) atoms. The van der Waals surface area contributed by atoms with Crippen molar-refractivity contribution < 1.29 is 24.3 Å². The molecule has 1 atom stereocenters. The standard InChI is InChI=1S/C17H22N2O5/c1-17(2,3)24-16(22)19-10-13(9-14(19)15(20)21)18-23-11-12-7-5-4-6-8-12/h4-8,14H,9-11H2,1-3H3,(H,20,21)/b18-13+/t14-/m0/s1. The quantitative estimate of drug-likeness (QED) is 0.855. The summed E-state index contributed by atoms with van der Waals surface area (Å²) in [5, 5.41) is 13.3. The van der Waals surface area contributed by atoms with Gasteiger partial charge in [0.2, 0.25) is 0 Å². The molecule has 1 fully saturated rings. The lowest BCUT2D eigenvalue weighted by Crippen LogP contribution is -2.43. The van der Waals surface area contributed by atoms with E-state index in [0.717, 1.165) is 10.5 Å². The molecule has 0 radical (unpaired) electrons. The molecule has 7 heteroatoms. The molecule has 1 aromatic rings. The molecule has 0 unspecified atom stereocenters. The first kappa shape index (κ1) is 17.8. The van der Waals surface area contributed by atoms with Gasteiger partial charge in [-0.1, -0.05) is 35.5 Å². The fraction of sp³-hybridized carbons (Fsp3) is 0.471. The molecule has 1 aliphatic heterocycles. The van der Waals surface area contributed by atoms with Gasteiger partial charge in [0.05, 0.1) is 12.3 Å². The van der Waals surface area contributed by atoms with Crippen molar-refractivity contribution in [2.75, 3.05) is 6.54 Å². The third kappa shape index (κ3) is 4.97. The molecule has 1 amide bonds. The van der Waals surface area contributed by atoms with E-state index in [9.17, 15) is 14.7 Å². The summed E-state index contributed by atoms with van der Waals surface area (Å²) in [6, 6.07) is 8.52. The lowest BCUT2D eigenvalue weighted by atomic mass is 10.2. The number of amides is 1. The van der Waals surface area contributed by atoms with Gasteiger partial charge in [0, 0.05) is 6.42 Å². The first-order chi connectivity index (χ1) is 11.3. The molecule has 7 nitrogen and oxygen atoms in total. The van der Waals surface area contributed by atoms with Crippen LogP contribution in [0.4, 0.5) is 4.79 Å². The maximum absolute atomic E-state index is 12.2. The summed E-state index contributed by atoms with van der Waals surface area (Å²) in [5.41, 5.74) is 0.770. The van der Waals surface area contributed by atoms with E-state index in [4.69, 9.17) is 9.57 Å². The number of hydrogen-bond acceptors (Lipinski definition) is 5. The summed E-state index contributed by atoms with van der Waals surface area (Å²) in [6.07, 6.45) is -0.535. The molecule has 1 N–H and O–H groups in total. The number of hydrogen-bond donors (Lipinski definition) is 1. The van der Waals surface area contributed by atoms with Crippen LogP contribution >= 0.6 is 0 Å². The molecule has 0 bridgehead atoms. The van der Waals surface area contributed by atoms with Gasteiger partial charge in [0.1, 0.15) is 18.2 Å². The zero-order valence-corrected chi connectivity index (χ0v) is 14.1. The Morgan fingerprint density at radius 1 is 1.29 bits per heavy atom. The Morgan fingerprint density at radius 3 is 2.54 bits per heavy atom. The van der Waals surface area contributed by atoms with Gasteiger partial charge in [-0.25, -0.2) is 9.59 Å². The number of likely N-dealkylation sites (tertiary alicyclic amines) is 1. The van der Waals surface area contributed by atoms with E-state index >= 15 is 0 Å². The van der Waals surface area contributed by atoms with Crippen LogP contribution in [-0.4, -0.2) is 46.0 Å². The largest absolute Gasteiger partial charge is 0.480 e. The van der Waals surface area contributed by atoms with Crippen molar-refractivity contribution in [3.63, 3.8) is 0 Å². The number of aliphatic carboxylic acids is 1. The minimum absolute atomic E-state index is 0.0840. The summed E-state index contributed by atoms with van der Waals surface area (Å²) in [6.45, 7) is 5.56. The molecule has 0 aliphatic carbocycles. The first-order valence-corrected chi connectivity index (χ1v) is 7.70. The first-order valence-electron chi connectivity index (χ1n) is 7.70. The number of oxime groups is 1. The number of carbonyl (C=O) groups is 2. The fourth-order valence-electron chi connectivity index (χ4n) is 2.28. The number of benzene rings is 1. The second-order valence-corrected chi connectivity index (χ2v) is 6.58. The SMILES string of the molecule is CC(C)(C)OC(=O)N1C/C(=N/OCc2ccccc2)C[C@H]1C(=O)O. The van der Waals surface area contributed by atoms with Crippen LogP contribution in [0.3, 0.4) is 0 Å². The minimum Gasteiger partial charge on any atom is -0.480 e. The van der Waals surface area contributed by atoms with Crippen molar-refractivity contribution in [3.8, 4) is 0 Å². The van der Waals surface area contributed by atoms with Crippen molar-refractivity contribution in [1.82, 2.24) is 4.90 Å². The summed E-state index contributed by atoms with van der Waals surface area (Å²) in [5.74, 6) is -1.09. The van der Waals surface area contributed by atoms with Gasteiger partial charge in [-0.2, -0.15) is 0 Å². The number of carboxylic acid groups (broad SMARTS) is 1. The Balaban J connectivity index is 1.99. The molecular weight excluding hydrogens is 312 g/mol. The van der Waals surface area contributed by atoms with E-state index in [1.54, 1.807) is 20.8 Å². The zero-order chi connectivity index (χ0) is 17.7. The summed E-state index contributed by atoms with van der Waals surface area (Å²) < 4.78 is 5.25. The number of carbonyl (C=O) groups excluding carboxylic acids is 1. The molecular formula is C17H22N2O5. The Bertz CT molecular complexity index is 622. The smallest absolute Gasteiger partial charge is 0.411 e. The second kappa shape index (κ2) is 7.33. The highest BCUT2D eigenvalue weighted by Crippen LogP contribution is 2.20. The molecule has 1 aromatic carbocycles. The van der Waals surface area contributed by atoms with Gasteiger partial charge in [-0.05, 0) is 26.3 Å². The van der Waals surface area contributed by atoms with Crippen molar-refractivity contribution in [2.45, 2.75) is 45.4 Å². The van der Waals surface area contributed by atoms with Crippen molar-refractivity contribution >= 4 is 17.8 Å². The van der Waals surface area contributed by atoms with Gasteiger partial charge in [0.25, 0.3) is 0 Å². The average Bonchev–Trinajstić information content (AvgIpc) is 2.91. The van der Waals surface area contributed by atoms with Crippen molar-refractivity contribution in [1.29, 1.82) is 0 Å². The second-order valence-electron chi connectivity index (χ2n) is 6.58. The number of nitrogens with zero attached hydrogens (tertiary/aromatic N) is 2. The summed E-state index contributed by atoms with van der Waals surface area (Å²) in [4.78, 5) is 30.0. The van der Waals surface area contributed by atoms with Crippen molar-refractivity contribution in [3.05, 3.63) is 35.9 Å². The lowest BCUT2D eigenvalue weighted by Gasteiger charge is -2.26. The number of ether oxygens (including phenoxy) is 1. The predicted molar refractivity (Wildman–Crippen MR) is 87.6 cm³/mol. The maximum Gasteiger partial charge on any atom is 0.411 e. The van der Waals surface area contributed by atoms with E-state index in [1.165, 1.54) is 0 Å². The average molecular weight is 334 g/mol. The van der Waals surface area contributed by atoms with E-state index in [-0.39, 0.29) is 19.6 Å². The zero-order valence-electron chi connectivity index (χ0n) is 14.1. The van der Waals surface area contributed by atoms with Crippen LogP contribution in [-0.2, 0) is 21.0 Å². The van der Waals surface area contributed by atoms with Crippen LogP contribution in [0, 0.1) is 0 Å². The van der Waals surface area contributed by atoms with Crippen LogP contribution in [0.2, 0.25) is 0 Å². The highest BCUT2D eigenvalue weighted by atomic mass is 16.6. The van der Waals surface area contributed by atoms with Gasteiger partial charge < -0.3 is 14.7 Å². The van der Waals surface area contributed by atoms with E-state index in [0.29, 0.717) is 5.71 Å². The molecule has 1 aliphatic rings. The van der Waals surface area contributed by atoms with Gasteiger partial charge in [-0.15, -0.1) is 0 Å². The molecule has 1 heterocycles. The predicted octanol–water partition coefficient (Wildman–Crippen LogP) is 2.65. The third-order valence-corrected chi connectivity index (χ3v) is 3.34. The minimum atomic E-state index is -1.09. The van der Waals surface area contributed by atoms with Gasteiger partial charge in [-0.3, -0.25) is 4.90 Å². The van der Waals surface area contributed by atoms with Crippen LogP contribution < -0.4 is 0 Å². The molecule has 0 spiro atoms. The van der Waals surface area contributed by atoms with E-state index in [2.05, 4.69) is 5.16 Å². The molecule has 2 rings (SSSR count). The summed E-state index contributed by atoms with van der Waals surface area (Å²) in [7, 11) is 0. The van der Waals surface area contributed by atoms with Crippen LogP contribution in [0.1, 0.15) is 32.8 Å². The molecule has 0 saturated carbocycles. The monoisotopic (exact) mass is 334 g/mol. The Kier molecular flexibility index (Phi) is 5.43. The van der Waals surface area contributed by atoms with Crippen molar-refractivity contribution in [2.24, 2.45) is 5.16 Å². The Hall–Kier alpha value is -2.57. The van der Waals surface area contributed by atoms with Crippen LogP contribution in [0.15, 0.2) is 35.5 Å². The molecule has 1 saturated heterocycles.